The average molecular weight is 293 g/mol. The summed E-state index contributed by atoms with van der Waals surface area (Å²) in [5.74, 6) is 0.624. The molecule has 6 heteroatoms. The third-order valence-electron chi connectivity index (χ3n) is 4.00. The van der Waals surface area contributed by atoms with Crippen LogP contribution in [0.4, 0.5) is 0 Å². The monoisotopic (exact) mass is 293 g/mol. The lowest BCUT2D eigenvalue weighted by molar-refractivity contribution is -0.151. The fraction of sp³-hybridized carbons (Fsp3) is 0.533. The Morgan fingerprint density at radius 2 is 2.05 bits per heavy atom. The molecule has 21 heavy (non-hydrogen) atoms. The standard InChI is InChI=1S/C15H19NO5/c1-10(16-4-5-19-9-12(16)15(17)18)11-2-3-13-14(8-11)21-7-6-20-13/h2-3,8,10,12H,4-7,9H2,1H3,(H,17,18). The first kappa shape index (κ1) is 14.2. The summed E-state index contributed by atoms with van der Waals surface area (Å²) in [4.78, 5) is 13.3. The third-order valence-corrected chi connectivity index (χ3v) is 4.00. The number of carbonyl (C=O) groups is 1. The van der Waals surface area contributed by atoms with Gasteiger partial charge in [0.1, 0.15) is 19.3 Å². The van der Waals surface area contributed by atoms with Gasteiger partial charge in [0.15, 0.2) is 11.5 Å². The molecule has 0 amide bonds. The second kappa shape index (κ2) is 5.91. The zero-order valence-corrected chi connectivity index (χ0v) is 11.9. The Bertz CT molecular complexity index is 533. The van der Waals surface area contributed by atoms with Gasteiger partial charge in [0, 0.05) is 12.6 Å². The Kier molecular flexibility index (Phi) is 3.98. The summed E-state index contributed by atoms with van der Waals surface area (Å²) in [6, 6.07) is 5.16. The molecule has 6 nitrogen and oxygen atoms in total. The van der Waals surface area contributed by atoms with Gasteiger partial charge >= 0.3 is 5.97 Å². The summed E-state index contributed by atoms with van der Waals surface area (Å²) in [6.07, 6.45) is 0. The molecule has 0 saturated carbocycles. The first-order valence-corrected chi connectivity index (χ1v) is 7.12. The van der Waals surface area contributed by atoms with Gasteiger partial charge in [-0.3, -0.25) is 9.69 Å². The van der Waals surface area contributed by atoms with Crippen LogP contribution in [-0.2, 0) is 9.53 Å². The van der Waals surface area contributed by atoms with Crippen molar-refractivity contribution in [1.82, 2.24) is 4.90 Å². The van der Waals surface area contributed by atoms with Crippen molar-refractivity contribution in [1.29, 1.82) is 0 Å². The van der Waals surface area contributed by atoms with Gasteiger partial charge in [-0.25, -0.2) is 0 Å². The van der Waals surface area contributed by atoms with Crippen LogP contribution in [0.15, 0.2) is 18.2 Å². The molecule has 3 rings (SSSR count). The minimum atomic E-state index is -0.848. The number of carboxylic acids is 1. The number of hydrogen-bond acceptors (Lipinski definition) is 5. The Labute approximate surface area is 123 Å². The number of aliphatic carboxylic acids is 1. The maximum Gasteiger partial charge on any atom is 0.323 e. The van der Waals surface area contributed by atoms with E-state index < -0.39 is 12.0 Å². The van der Waals surface area contributed by atoms with Gasteiger partial charge in [0.2, 0.25) is 0 Å². The van der Waals surface area contributed by atoms with Gasteiger partial charge in [-0.1, -0.05) is 6.07 Å². The van der Waals surface area contributed by atoms with E-state index in [1.54, 1.807) is 0 Å². The predicted octanol–water partition coefficient (Wildman–Crippen LogP) is 1.30. The van der Waals surface area contributed by atoms with Crippen LogP contribution in [0.5, 0.6) is 11.5 Å². The summed E-state index contributed by atoms with van der Waals surface area (Å²) in [6.45, 7) is 4.49. The quantitative estimate of drug-likeness (QED) is 0.906. The van der Waals surface area contributed by atoms with Gasteiger partial charge in [-0.05, 0) is 24.6 Å². The summed E-state index contributed by atoms with van der Waals surface area (Å²) in [5, 5.41) is 9.33. The third kappa shape index (κ3) is 2.82. The molecule has 0 spiro atoms. The van der Waals surface area contributed by atoms with Crippen LogP contribution in [0.3, 0.4) is 0 Å². The number of morpholine rings is 1. The Balaban J connectivity index is 1.83. The molecular weight excluding hydrogens is 274 g/mol. The molecule has 1 fully saturated rings. The fourth-order valence-electron chi connectivity index (χ4n) is 2.80. The lowest BCUT2D eigenvalue weighted by Gasteiger charge is -2.37. The van der Waals surface area contributed by atoms with E-state index in [0.29, 0.717) is 26.4 Å². The van der Waals surface area contributed by atoms with Crippen molar-refractivity contribution in [3.8, 4) is 11.5 Å². The molecule has 2 heterocycles. The van der Waals surface area contributed by atoms with E-state index in [1.165, 1.54) is 0 Å². The zero-order valence-electron chi connectivity index (χ0n) is 11.9. The largest absolute Gasteiger partial charge is 0.486 e. The molecule has 1 aromatic carbocycles. The number of nitrogens with zero attached hydrogens (tertiary/aromatic N) is 1. The second-order valence-corrected chi connectivity index (χ2v) is 5.25. The zero-order chi connectivity index (χ0) is 14.8. The molecule has 1 saturated heterocycles. The van der Waals surface area contributed by atoms with Gasteiger partial charge in [-0.2, -0.15) is 0 Å². The number of rotatable bonds is 3. The average Bonchev–Trinajstić information content (AvgIpc) is 2.53. The molecule has 1 N–H and O–H groups in total. The van der Waals surface area contributed by atoms with Crippen molar-refractivity contribution in [3.63, 3.8) is 0 Å². The smallest absolute Gasteiger partial charge is 0.323 e. The van der Waals surface area contributed by atoms with Crippen LogP contribution < -0.4 is 9.47 Å². The van der Waals surface area contributed by atoms with E-state index in [4.69, 9.17) is 14.2 Å². The van der Waals surface area contributed by atoms with Crippen molar-refractivity contribution in [2.45, 2.75) is 19.0 Å². The molecule has 2 atom stereocenters. The Hall–Kier alpha value is -1.79. The maximum absolute atomic E-state index is 11.4. The summed E-state index contributed by atoms with van der Waals surface area (Å²) in [7, 11) is 0. The van der Waals surface area contributed by atoms with Gasteiger partial charge < -0.3 is 19.3 Å². The molecule has 1 aromatic rings. The van der Waals surface area contributed by atoms with Crippen LogP contribution in [-0.4, -0.2) is 55.0 Å². The molecule has 114 valence electrons. The molecule has 0 aromatic heterocycles. The van der Waals surface area contributed by atoms with Gasteiger partial charge in [0.05, 0.1) is 13.2 Å². The molecule has 2 unspecified atom stereocenters. The second-order valence-electron chi connectivity index (χ2n) is 5.25. The van der Waals surface area contributed by atoms with E-state index in [0.717, 1.165) is 17.1 Å². The Morgan fingerprint density at radius 1 is 1.29 bits per heavy atom. The van der Waals surface area contributed by atoms with E-state index in [1.807, 2.05) is 30.0 Å². The van der Waals surface area contributed by atoms with Crippen molar-refractivity contribution in [2.24, 2.45) is 0 Å². The van der Waals surface area contributed by atoms with Gasteiger partial charge in [0.25, 0.3) is 0 Å². The lowest BCUT2D eigenvalue weighted by Crippen LogP contribution is -2.50. The van der Waals surface area contributed by atoms with Crippen molar-refractivity contribution >= 4 is 5.97 Å². The molecule has 0 radical (unpaired) electrons. The van der Waals surface area contributed by atoms with Crippen LogP contribution in [0.2, 0.25) is 0 Å². The number of hydrogen-bond donors (Lipinski definition) is 1. The summed E-state index contributed by atoms with van der Waals surface area (Å²) < 4.78 is 16.4. The summed E-state index contributed by atoms with van der Waals surface area (Å²) >= 11 is 0. The molecule has 0 bridgehead atoms. The SMILES string of the molecule is CC(c1ccc2c(c1)OCCO2)N1CCOCC1C(=O)O. The van der Waals surface area contributed by atoms with E-state index in [2.05, 4.69) is 0 Å². The van der Waals surface area contributed by atoms with Crippen LogP contribution in [0, 0.1) is 0 Å². The highest BCUT2D eigenvalue weighted by atomic mass is 16.6. The van der Waals surface area contributed by atoms with Gasteiger partial charge in [-0.15, -0.1) is 0 Å². The molecular formula is C15H19NO5. The predicted molar refractivity (Wildman–Crippen MR) is 74.8 cm³/mol. The van der Waals surface area contributed by atoms with Crippen molar-refractivity contribution < 1.29 is 24.1 Å². The highest BCUT2D eigenvalue weighted by molar-refractivity contribution is 5.73. The van der Waals surface area contributed by atoms with Crippen LogP contribution in [0.25, 0.3) is 0 Å². The van der Waals surface area contributed by atoms with E-state index in [9.17, 15) is 9.90 Å². The van der Waals surface area contributed by atoms with E-state index in [-0.39, 0.29) is 12.6 Å². The molecule has 2 aliphatic heterocycles. The van der Waals surface area contributed by atoms with E-state index >= 15 is 0 Å². The summed E-state index contributed by atoms with van der Waals surface area (Å²) in [5.41, 5.74) is 1.02. The first-order valence-electron chi connectivity index (χ1n) is 7.12. The first-order chi connectivity index (χ1) is 10.2. The normalized spacial score (nSPS) is 23.6. The maximum atomic E-state index is 11.4. The topological polar surface area (TPSA) is 68.2 Å². The van der Waals surface area contributed by atoms with Crippen molar-refractivity contribution in [2.75, 3.05) is 33.0 Å². The number of fused-ring (bicyclic) bond motifs is 1. The highest BCUT2D eigenvalue weighted by Crippen LogP contribution is 2.34. The number of ether oxygens (including phenoxy) is 3. The molecule has 0 aliphatic carbocycles. The Morgan fingerprint density at radius 3 is 2.81 bits per heavy atom. The van der Waals surface area contributed by atoms with Crippen LogP contribution in [0.1, 0.15) is 18.5 Å². The van der Waals surface area contributed by atoms with Crippen molar-refractivity contribution in [3.05, 3.63) is 23.8 Å². The fourth-order valence-corrected chi connectivity index (χ4v) is 2.80. The lowest BCUT2D eigenvalue weighted by atomic mass is 10.0. The molecule has 2 aliphatic rings. The minimum absolute atomic E-state index is 0.0224. The minimum Gasteiger partial charge on any atom is -0.486 e. The highest BCUT2D eigenvalue weighted by Gasteiger charge is 2.33. The number of benzene rings is 1. The number of carboxylic acid groups (broad SMARTS) is 1. The van der Waals surface area contributed by atoms with Crippen LogP contribution >= 0.6 is 0 Å².